The van der Waals surface area contributed by atoms with Crippen LogP contribution in [0.25, 0.3) is 22.6 Å². The predicted molar refractivity (Wildman–Crippen MR) is 125 cm³/mol. The highest BCUT2D eigenvalue weighted by Gasteiger charge is 2.18. The number of rotatable bonds is 8. The average molecular weight is 499 g/mol. The number of nitrogens with one attached hydrogen (secondary N) is 1. The van der Waals surface area contributed by atoms with Gasteiger partial charge in [-0.3, -0.25) is 9.36 Å². The first kappa shape index (κ1) is 21.2. The number of furan rings is 1. The third-order valence-electron chi connectivity index (χ3n) is 4.41. The molecule has 158 valence electrons. The zero-order chi connectivity index (χ0) is 21.8. The van der Waals surface area contributed by atoms with Gasteiger partial charge in [0.25, 0.3) is 0 Å². The summed E-state index contributed by atoms with van der Waals surface area (Å²) in [7, 11) is 1.58. The Morgan fingerprint density at radius 2 is 2.16 bits per heavy atom. The number of methoxy groups -OCH3 is 1. The second-order valence-corrected chi connectivity index (χ2v) is 8.43. The van der Waals surface area contributed by atoms with Crippen LogP contribution >= 0.6 is 27.7 Å². The predicted octanol–water partition coefficient (Wildman–Crippen LogP) is 5.38. The van der Waals surface area contributed by atoms with Gasteiger partial charge in [-0.05, 0) is 36.4 Å². The van der Waals surface area contributed by atoms with Crippen molar-refractivity contribution in [1.82, 2.24) is 14.8 Å². The number of carbonyl (C=O) groups excluding carboxylic acids is 1. The summed E-state index contributed by atoms with van der Waals surface area (Å²) in [6.07, 6.45) is 1.76. The second kappa shape index (κ2) is 9.40. The largest absolute Gasteiger partial charge is 0.497 e. The van der Waals surface area contributed by atoms with Gasteiger partial charge in [0.05, 0.1) is 12.9 Å². The van der Waals surface area contributed by atoms with Gasteiger partial charge in [-0.2, -0.15) is 0 Å². The molecule has 0 unspecified atom stereocenters. The summed E-state index contributed by atoms with van der Waals surface area (Å²) in [4.78, 5) is 12.4. The van der Waals surface area contributed by atoms with Crippen LogP contribution in [0.5, 0.6) is 5.75 Å². The molecule has 9 heteroatoms. The third kappa shape index (κ3) is 4.83. The standard InChI is InChI=1S/C22H19BrN4O3S/c1-3-9-27-21(19-11-14-10-15(23)7-8-18(14)30-19)25-26-22(27)31-13-20(28)24-16-5-4-6-17(12-16)29-2/h3-8,10-12H,1,9,13H2,2H3,(H,24,28). The van der Waals surface area contributed by atoms with Gasteiger partial charge in [0.2, 0.25) is 11.7 Å². The summed E-state index contributed by atoms with van der Waals surface area (Å²) in [5.41, 5.74) is 1.44. The van der Waals surface area contributed by atoms with E-state index in [1.54, 1.807) is 19.3 Å². The third-order valence-corrected chi connectivity index (χ3v) is 5.87. The first-order valence-corrected chi connectivity index (χ1v) is 11.2. The summed E-state index contributed by atoms with van der Waals surface area (Å²) < 4.78 is 14.0. The van der Waals surface area contributed by atoms with Crippen LogP contribution in [0.4, 0.5) is 5.69 Å². The lowest BCUT2D eigenvalue weighted by atomic mass is 10.2. The van der Waals surface area contributed by atoms with Crippen LogP contribution in [0, 0.1) is 0 Å². The molecule has 0 radical (unpaired) electrons. The van der Waals surface area contributed by atoms with Crippen molar-refractivity contribution >= 4 is 50.3 Å². The lowest BCUT2D eigenvalue weighted by Gasteiger charge is -2.08. The van der Waals surface area contributed by atoms with Crippen molar-refractivity contribution in [1.29, 1.82) is 0 Å². The lowest BCUT2D eigenvalue weighted by Crippen LogP contribution is -2.14. The molecule has 2 aromatic carbocycles. The summed E-state index contributed by atoms with van der Waals surface area (Å²) in [5, 5.41) is 13.0. The van der Waals surface area contributed by atoms with Crippen molar-refractivity contribution in [2.75, 3.05) is 18.2 Å². The van der Waals surface area contributed by atoms with Gasteiger partial charge >= 0.3 is 0 Å². The molecule has 0 aliphatic heterocycles. The molecule has 2 heterocycles. The molecule has 0 atom stereocenters. The van der Waals surface area contributed by atoms with E-state index in [1.807, 2.05) is 47.0 Å². The summed E-state index contributed by atoms with van der Waals surface area (Å²) >= 11 is 4.77. The normalized spacial score (nSPS) is 10.9. The minimum Gasteiger partial charge on any atom is -0.497 e. The van der Waals surface area contributed by atoms with Gasteiger partial charge in [-0.25, -0.2) is 0 Å². The van der Waals surface area contributed by atoms with E-state index in [-0.39, 0.29) is 11.7 Å². The lowest BCUT2D eigenvalue weighted by molar-refractivity contribution is -0.113. The van der Waals surface area contributed by atoms with E-state index in [2.05, 4.69) is 38.0 Å². The number of hydrogen-bond donors (Lipinski definition) is 1. The van der Waals surface area contributed by atoms with Crippen molar-refractivity contribution in [2.24, 2.45) is 0 Å². The zero-order valence-corrected chi connectivity index (χ0v) is 19.1. The Balaban J connectivity index is 1.51. The molecular weight excluding hydrogens is 480 g/mol. The number of hydrogen-bond acceptors (Lipinski definition) is 6. The topological polar surface area (TPSA) is 82.2 Å². The molecule has 1 N–H and O–H groups in total. The Morgan fingerprint density at radius 1 is 1.29 bits per heavy atom. The van der Waals surface area contributed by atoms with E-state index in [1.165, 1.54) is 11.8 Å². The smallest absolute Gasteiger partial charge is 0.234 e. The molecule has 2 aromatic heterocycles. The average Bonchev–Trinajstić information content (AvgIpc) is 3.36. The van der Waals surface area contributed by atoms with Gasteiger partial charge in [0.15, 0.2) is 10.9 Å². The number of thioether (sulfide) groups is 1. The summed E-state index contributed by atoms with van der Waals surface area (Å²) in [6.45, 7) is 4.31. The fourth-order valence-electron chi connectivity index (χ4n) is 3.02. The number of aromatic nitrogens is 3. The van der Waals surface area contributed by atoms with E-state index in [0.29, 0.717) is 34.7 Å². The zero-order valence-electron chi connectivity index (χ0n) is 16.7. The molecule has 0 aliphatic carbocycles. The van der Waals surface area contributed by atoms with E-state index >= 15 is 0 Å². The molecule has 0 aliphatic rings. The number of carbonyl (C=O) groups is 1. The maximum Gasteiger partial charge on any atom is 0.234 e. The van der Waals surface area contributed by atoms with Crippen LogP contribution in [0.15, 0.2) is 75.2 Å². The Kier molecular flexibility index (Phi) is 6.43. The molecule has 0 fully saturated rings. The molecule has 0 bridgehead atoms. The van der Waals surface area contributed by atoms with Crippen LogP contribution in [-0.2, 0) is 11.3 Å². The Hall–Kier alpha value is -3.04. The molecule has 0 saturated heterocycles. The van der Waals surface area contributed by atoms with Gasteiger partial charge in [0, 0.05) is 28.2 Å². The number of ether oxygens (including phenoxy) is 1. The fraction of sp³-hybridized carbons (Fsp3) is 0.136. The molecule has 31 heavy (non-hydrogen) atoms. The van der Waals surface area contributed by atoms with Gasteiger partial charge in [-0.1, -0.05) is 39.8 Å². The van der Waals surface area contributed by atoms with Crippen LogP contribution in [-0.4, -0.2) is 33.5 Å². The minimum atomic E-state index is -0.151. The van der Waals surface area contributed by atoms with Gasteiger partial charge in [0.1, 0.15) is 11.3 Å². The number of amides is 1. The second-order valence-electron chi connectivity index (χ2n) is 6.57. The van der Waals surface area contributed by atoms with Gasteiger partial charge in [-0.15, -0.1) is 16.8 Å². The maximum absolute atomic E-state index is 12.4. The number of nitrogens with zero attached hydrogens (tertiary/aromatic N) is 3. The monoisotopic (exact) mass is 498 g/mol. The van der Waals surface area contributed by atoms with Crippen LogP contribution < -0.4 is 10.1 Å². The quantitative estimate of drug-likeness (QED) is 0.259. The highest BCUT2D eigenvalue weighted by Crippen LogP contribution is 2.31. The van der Waals surface area contributed by atoms with Crippen LogP contribution in [0.2, 0.25) is 0 Å². The first-order chi connectivity index (χ1) is 15.1. The summed E-state index contributed by atoms with van der Waals surface area (Å²) in [6, 6.07) is 14.9. The maximum atomic E-state index is 12.4. The molecule has 4 rings (SSSR count). The molecule has 0 saturated carbocycles. The van der Waals surface area contributed by atoms with E-state index in [0.717, 1.165) is 15.4 Å². The fourth-order valence-corrected chi connectivity index (χ4v) is 4.15. The van der Waals surface area contributed by atoms with Crippen molar-refractivity contribution in [3.8, 4) is 17.3 Å². The summed E-state index contributed by atoms with van der Waals surface area (Å²) in [5.74, 6) is 1.90. The number of allylic oxidation sites excluding steroid dienone is 1. The van der Waals surface area contributed by atoms with Crippen molar-refractivity contribution in [3.05, 3.63) is 65.7 Å². The van der Waals surface area contributed by atoms with Crippen LogP contribution in [0.1, 0.15) is 0 Å². The van der Waals surface area contributed by atoms with E-state index in [4.69, 9.17) is 9.15 Å². The Bertz CT molecular complexity index is 1250. The highest BCUT2D eigenvalue weighted by atomic mass is 79.9. The Morgan fingerprint density at radius 3 is 2.97 bits per heavy atom. The molecule has 0 spiro atoms. The molecular formula is C22H19BrN4O3S. The van der Waals surface area contributed by atoms with Crippen molar-refractivity contribution < 1.29 is 13.9 Å². The first-order valence-electron chi connectivity index (χ1n) is 9.37. The number of fused-ring (bicyclic) bond motifs is 1. The van der Waals surface area contributed by atoms with Crippen molar-refractivity contribution in [3.63, 3.8) is 0 Å². The molecule has 1 amide bonds. The molecule has 7 nitrogen and oxygen atoms in total. The van der Waals surface area contributed by atoms with E-state index in [9.17, 15) is 4.79 Å². The Labute approximate surface area is 191 Å². The number of benzene rings is 2. The highest BCUT2D eigenvalue weighted by molar-refractivity contribution is 9.10. The number of anilines is 1. The van der Waals surface area contributed by atoms with E-state index < -0.39 is 0 Å². The van der Waals surface area contributed by atoms with Gasteiger partial charge < -0.3 is 14.5 Å². The molecule has 4 aromatic rings. The van der Waals surface area contributed by atoms with Crippen molar-refractivity contribution in [2.45, 2.75) is 11.7 Å². The SMILES string of the molecule is C=CCn1c(SCC(=O)Nc2cccc(OC)c2)nnc1-c1cc2cc(Br)ccc2o1. The minimum absolute atomic E-state index is 0.151. The van der Waals surface area contributed by atoms with Crippen LogP contribution in [0.3, 0.4) is 0 Å². The number of halogens is 1.